The average molecular weight is 582 g/mol. The number of halogens is 2. The second kappa shape index (κ2) is 14.7. The first-order valence-corrected chi connectivity index (χ1v) is 15.3. The van der Waals surface area contributed by atoms with E-state index in [2.05, 4.69) is 47.3 Å². The first kappa shape index (κ1) is 30.9. The fourth-order valence-electron chi connectivity index (χ4n) is 5.39. The van der Waals surface area contributed by atoms with E-state index in [1.165, 1.54) is 32.1 Å². The highest BCUT2D eigenvalue weighted by molar-refractivity contribution is 6.30. The van der Waals surface area contributed by atoms with Crippen LogP contribution in [0.1, 0.15) is 63.5 Å². The van der Waals surface area contributed by atoms with Crippen LogP contribution in [0.25, 0.3) is 5.57 Å². The Morgan fingerprint density at radius 2 is 1.80 bits per heavy atom. The summed E-state index contributed by atoms with van der Waals surface area (Å²) >= 11 is 6.14. The van der Waals surface area contributed by atoms with Gasteiger partial charge in [0.25, 0.3) is 0 Å². The van der Waals surface area contributed by atoms with Crippen LogP contribution in [-0.4, -0.2) is 50.6 Å². The lowest BCUT2D eigenvalue weighted by molar-refractivity contribution is 0.129. The minimum absolute atomic E-state index is 0.237. The highest BCUT2D eigenvalue weighted by atomic mass is 35.5. The van der Waals surface area contributed by atoms with Gasteiger partial charge in [0.1, 0.15) is 12.4 Å². The Morgan fingerprint density at radius 1 is 1.07 bits per heavy atom. The molecule has 0 aromatic heterocycles. The summed E-state index contributed by atoms with van der Waals surface area (Å²) in [4.78, 5) is 12.1. The Balaban J connectivity index is 1.54. The SMILES string of the molecule is C=C1C(/C(N)=N/OCCC(C)CCCCCC)=CN(Cc2ccc(Cl)cc2)c2cc(N3CCN(C)CC3)c(F)cc21. The zero-order chi connectivity index (χ0) is 29.4. The number of amidine groups is 1. The van der Waals surface area contributed by atoms with E-state index in [1.807, 2.05) is 36.5 Å². The van der Waals surface area contributed by atoms with E-state index in [-0.39, 0.29) is 11.7 Å². The normalized spacial score (nSPS) is 17.0. The van der Waals surface area contributed by atoms with Crippen molar-refractivity contribution in [2.24, 2.45) is 16.8 Å². The maximum absolute atomic E-state index is 15.6. The van der Waals surface area contributed by atoms with Crippen LogP contribution in [-0.2, 0) is 11.4 Å². The number of hydrogen-bond acceptors (Lipinski definition) is 5. The van der Waals surface area contributed by atoms with E-state index in [4.69, 9.17) is 22.2 Å². The molecule has 2 aliphatic heterocycles. The van der Waals surface area contributed by atoms with E-state index in [0.29, 0.717) is 46.5 Å². The number of nitrogens with zero attached hydrogens (tertiary/aromatic N) is 4. The van der Waals surface area contributed by atoms with Crippen LogP contribution in [0.5, 0.6) is 0 Å². The lowest BCUT2D eigenvalue weighted by atomic mass is 9.92. The zero-order valence-electron chi connectivity index (χ0n) is 24.8. The van der Waals surface area contributed by atoms with E-state index >= 15 is 4.39 Å². The minimum atomic E-state index is -0.262. The topological polar surface area (TPSA) is 57.3 Å². The monoisotopic (exact) mass is 581 g/mol. The number of oxime groups is 1. The number of benzene rings is 2. The predicted octanol–water partition coefficient (Wildman–Crippen LogP) is 7.43. The van der Waals surface area contributed by atoms with Gasteiger partial charge in [-0.3, -0.25) is 0 Å². The van der Waals surface area contributed by atoms with Gasteiger partial charge in [-0.05, 0) is 54.8 Å². The van der Waals surface area contributed by atoms with E-state index in [1.54, 1.807) is 6.07 Å². The maximum Gasteiger partial charge on any atom is 0.172 e. The summed E-state index contributed by atoms with van der Waals surface area (Å²) in [5, 5.41) is 4.92. The number of piperazine rings is 1. The van der Waals surface area contributed by atoms with Crippen LogP contribution >= 0.6 is 11.6 Å². The molecule has 8 heteroatoms. The van der Waals surface area contributed by atoms with Gasteiger partial charge >= 0.3 is 0 Å². The summed E-state index contributed by atoms with van der Waals surface area (Å²) < 4.78 is 15.6. The van der Waals surface area contributed by atoms with Gasteiger partial charge in [0.2, 0.25) is 0 Å². The molecule has 2 N–H and O–H groups in total. The predicted molar refractivity (Wildman–Crippen MR) is 171 cm³/mol. The maximum atomic E-state index is 15.6. The van der Waals surface area contributed by atoms with Crippen molar-refractivity contribution in [2.75, 3.05) is 49.6 Å². The van der Waals surface area contributed by atoms with Crippen molar-refractivity contribution in [1.82, 2.24) is 4.90 Å². The molecule has 0 bridgehead atoms. The number of anilines is 2. The van der Waals surface area contributed by atoms with Gasteiger partial charge in [0.15, 0.2) is 5.84 Å². The number of likely N-dealkylation sites (N-methyl/N-ethyl adjacent to an activating group) is 1. The number of unbranched alkanes of at least 4 members (excludes halogenated alkanes) is 3. The molecule has 2 aromatic rings. The van der Waals surface area contributed by atoms with Crippen LogP contribution in [0.2, 0.25) is 5.02 Å². The molecule has 0 spiro atoms. The fourth-order valence-corrected chi connectivity index (χ4v) is 5.51. The Labute approximate surface area is 250 Å². The molecule has 2 aromatic carbocycles. The Hall–Kier alpha value is -3.03. The molecule has 2 heterocycles. The number of fused-ring (bicyclic) bond motifs is 1. The molecule has 1 unspecified atom stereocenters. The average Bonchev–Trinajstić information content (AvgIpc) is 2.96. The summed E-state index contributed by atoms with van der Waals surface area (Å²) in [6.07, 6.45) is 9.15. The minimum Gasteiger partial charge on any atom is -0.394 e. The summed E-state index contributed by atoms with van der Waals surface area (Å²) in [6.45, 7) is 13.2. The van der Waals surface area contributed by atoms with E-state index in [0.717, 1.165) is 43.9 Å². The first-order chi connectivity index (χ1) is 19.8. The smallest absolute Gasteiger partial charge is 0.172 e. The molecule has 0 radical (unpaired) electrons. The summed E-state index contributed by atoms with van der Waals surface area (Å²) in [7, 11) is 2.09. The molecular weight excluding hydrogens is 537 g/mol. The van der Waals surface area contributed by atoms with Gasteiger partial charge < -0.3 is 25.3 Å². The zero-order valence-corrected chi connectivity index (χ0v) is 25.6. The van der Waals surface area contributed by atoms with Crippen LogP contribution in [0.3, 0.4) is 0 Å². The second-order valence-corrected chi connectivity index (χ2v) is 11.9. The molecule has 1 atom stereocenters. The number of hydrogen-bond donors (Lipinski definition) is 1. The van der Waals surface area contributed by atoms with Gasteiger partial charge in [-0.1, -0.05) is 81.4 Å². The highest BCUT2D eigenvalue weighted by Gasteiger charge is 2.27. The fraction of sp³-hybridized carbons (Fsp3) is 0.485. The third-order valence-corrected chi connectivity index (χ3v) is 8.36. The molecule has 0 saturated carbocycles. The molecule has 4 rings (SSSR count). The molecule has 0 amide bonds. The molecule has 0 aliphatic carbocycles. The molecular formula is C33H45ClFN5O. The molecule has 2 aliphatic rings. The molecule has 1 fully saturated rings. The van der Waals surface area contributed by atoms with Crippen molar-refractivity contribution < 1.29 is 9.23 Å². The van der Waals surface area contributed by atoms with Crippen molar-refractivity contribution in [1.29, 1.82) is 0 Å². The largest absolute Gasteiger partial charge is 0.394 e. The van der Waals surface area contributed by atoms with Crippen LogP contribution < -0.4 is 15.5 Å². The van der Waals surface area contributed by atoms with Gasteiger partial charge in [0.05, 0.1) is 11.4 Å². The quantitative estimate of drug-likeness (QED) is 0.115. The van der Waals surface area contributed by atoms with Crippen molar-refractivity contribution in [3.8, 4) is 0 Å². The van der Waals surface area contributed by atoms with Crippen molar-refractivity contribution in [3.63, 3.8) is 0 Å². The number of nitrogens with two attached hydrogens (primary N) is 1. The Morgan fingerprint density at radius 3 is 2.51 bits per heavy atom. The second-order valence-electron chi connectivity index (χ2n) is 11.4. The third-order valence-electron chi connectivity index (χ3n) is 8.11. The van der Waals surface area contributed by atoms with E-state index in [9.17, 15) is 0 Å². The van der Waals surface area contributed by atoms with Gasteiger partial charge in [-0.25, -0.2) is 4.39 Å². The summed E-state index contributed by atoms with van der Waals surface area (Å²) in [5.41, 5.74) is 11.0. The molecule has 222 valence electrons. The Bertz CT molecular complexity index is 1240. The lowest BCUT2D eigenvalue weighted by Gasteiger charge is -2.36. The van der Waals surface area contributed by atoms with Crippen molar-refractivity contribution in [3.05, 3.63) is 76.7 Å². The number of rotatable bonds is 13. The molecule has 1 saturated heterocycles. The van der Waals surface area contributed by atoms with Crippen LogP contribution in [0, 0.1) is 11.7 Å². The summed E-state index contributed by atoms with van der Waals surface area (Å²) in [6, 6.07) is 11.3. The van der Waals surface area contributed by atoms with Gasteiger partial charge in [0, 0.05) is 55.1 Å². The molecule has 41 heavy (non-hydrogen) atoms. The summed E-state index contributed by atoms with van der Waals surface area (Å²) in [5.74, 6) is 0.550. The van der Waals surface area contributed by atoms with Crippen LogP contribution in [0.4, 0.5) is 15.8 Å². The Kier molecular flexibility index (Phi) is 11.1. The van der Waals surface area contributed by atoms with Gasteiger partial charge in [-0.15, -0.1) is 0 Å². The van der Waals surface area contributed by atoms with Crippen molar-refractivity contribution in [2.45, 2.75) is 58.9 Å². The van der Waals surface area contributed by atoms with Gasteiger partial charge in [-0.2, -0.15) is 0 Å². The highest BCUT2D eigenvalue weighted by Crippen LogP contribution is 2.41. The molecule has 6 nitrogen and oxygen atoms in total. The van der Waals surface area contributed by atoms with Crippen molar-refractivity contribution >= 4 is 34.4 Å². The third kappa shape index (κ3) is 8.26. The lowest BCUT2D eigenvalue weighted by Crippen LogP contribution is -2.45. The van der Waals surface area contributed by atoms with E-state index < -0.39 is 0 Å². The standard InChI is InChI=1S/C33H45ClFN5O/c1-5-6-7-8-9-24(2)14-19-41-37-33(36)29-23-40(22-26-10-12-27(34)13-11-26)31-21-32(30(35)20-28(31)25(29)3)39-17-15-38(4)16-18-39/h10-13,20-21,23-24H,3,5-9,14-19,22H2,1-2,4H3,(H2,36,37). The van der Waals surface area contributed by atoms with Crippen LogP contribution in [0.15, 0.2) is 59.9 Å². The first-order valence-electron chi connectivity index (χ1n) is 14.9.